The summed E-state index contributed by atoms with van der Waals surface area (Å²) in [6, 6.07) is 0. The van der Waals surface area contributed by atoms with Gasteiger partial charge in [-0.2, -0.15) is 0 Å². The van der Waals surface area contributed by atoms with E-state index in [1.54, 1.807) is 0 Å². The number of carbonyl (C=O) groups is 1. The maximum Gasteiger partial charge on any atom is 0.305 e. The molecular formula is C14H26O3. The summed E-state index contributed by atoms with van der Waals surface area (Å²) >= 11 is 0. The van der Waals surface area contributed by atoms with E-state index in [1.807, 2.05) is 6.08 Å². The number of ether oxygens (including phenoxy) is 1. The summed E-state index contributed by atoms with van der Waals surface area (Å²) < 4.78 is 4.93. The molecule has 0 saturated heterocycles. The minimum absolute atomic E-state index is 0.0813. The van der Waals surface area contributed by atoms with E-state index < -0.39 is 0 Å². The normalized spacial score (nSPS) is 10.2. The van der Waals surface area contributed by atoms with Crippen LogP contribution in [0.15, 0.2) is 12.7 Å². The Morgan fingerprint density at radius 1 is 1.06 bits per heavy atom. The van der Waals surface area contributed by atoms with Crippen LogP contribution in [0.25, 0.3) is 0 Å². The molecular weight excluding hydrogens is 216 g/mol. The number of esters is 1. The van der Waals surface area contributed by atoms with E-state index in [0.29, 0.717) is 19.4 Å². The van der Waals surface area contributed by atoms with Crippen molar-refractivity contribution in [1.29, 1.82) is 0 Å². The highest BCUT2D eigenvalue weighted by Crippen LogP contribution is 2.09. The first kappa shape index (κ1) is 16.2. The molecule has 0 heterocycles. The smallest absolute Gasteiger partial charge is 0.305 e. The zero-order chi connectivity index (χ0) is 12.8. The number of hydrogen-bond donors (Lipinski definition) is 1. The summed E-state index contributed by atoms with van der Waals surface area (Å²) in [5.41, 5.74) is 0. The van der Waals surface area contributed by atoms with Crippen LogP contribution < -0.4 is 0 Å². The maximum atomic E-state index is 11.2. The zero-order valence-corrected chi connectivity index (χ0v) is 10.8. The van der Waals surface area contributed by atoms with Gasteiger partial charge < -0.3 is 9.84 Å². The molecule has 1 N–H and O–H groups in total. The second kappa shape index (κ2) is 13.2. The fourth-order valence-corrected chi connectivity index (χ4v) is 1.59. The van der Waals surface area contributed by atoms with E-state index in [-0.39, 0.29) is 12.6 Å². The molecule has 3 heteroatoms. The van der Waals surface area contributed by atoms with Gasteiger partial charge in [-0.15, -0.1) is 6.58 Å². The summed E-state index contributed by atoms with van der Waals surface area (Å²) in [6.07, 6.45) is 11.1. The Balaban J connectivity index is 3.11. The second-order valence-corrected chi connectivity index (χ2v) is 4.25. The van der Waals surface area contributed by atoms with Gasteiger partial charge in [0.2, 0.25) is 0 Å². The van der Waals surface area contributed by atoms with Crippen LogP contribution in [-0.2, 0) is 9.53 Å². The van der Waals surface area contributed by atoms with Gasteiger partial charge in [0.1, 0.15) is 0 Å². The lowest BCUT2D eigenvalue weighted by atomic mass is 10.1. The molecule has 0 atom stereocenters. The number of carbonyl (C=O) groups excluding carboxylic acids is 1. The molecule has 0 fully saturated rings. The lowest BCUT2D eigenvalue weighted by molar-refractivity contribution is -0.144. The van der Waals surface area contributed by atoms with Crippen molar-refractivity contribution in [3.8, 4) is 0 Å². The van der Waals surface area contributed by atoms with E-state index in [4.69, 9.17) is 9.84 Å². The first-order valence-corrected chi connectivity index (χ1v) is 6.68. The molecule has 0 aromatic heterocycles. The largest absolute Gasteiger partial charge is 0.466 e. The van der Waals surface area contributed by atoms with Crippen molar-refractivity contribution in [2.75, 3.05) is 13.2 Å². The third-order valence-corrected chi connectivity index (χ3v) is 2.60. The van der Waals surface area contributed by atoms with Crippen LogP contribution in [0.3, 0.4) is 0 Å². The van der Waals surface area contributed by atoms with E-state index in [1.165, 1.54) is 25.7 Å². The summed E-state index contributed by atoms with van der Waals surface area (Å²) in [5, 5.41) is 8.52. The Morgan fingerprint density at radius 3 is 2.35 bits per heavy atom. The Kier molecular flexibility index (Phi) is 12.6. The van der Waals surface area contributed by atoms with Gasteiger partial charge in [-0.1, -0.05) is 31.8 Å². The average molecular weight is 242 g/mol. The molecule has 0 spiro atoms. The number of aliphatic hydroxyl groups is 1. The molecule has 0 unspecified atom stereocenters. The summed E-state index contributed by atoms with van der Waals surface area (Å²) in [7, 11) is 0. The second-order valence-electron chi connectivity index (χ2n) is 4.25. The SMILES string of the molecule is C=CCCCCCCCCC(=O)OCCCO. The standard InChI is InChI=1S/C14H26O3/c1-2-3-4-5-6-7-8-9-11-14(16)17-13-10-12-15/h2,15H,1,3-13H2. The van der Waals surface area contributed by atoms with Crippen molar-refractivity contribution in [1.82, 2.24) is 0 Å². The molecule has 100 valence electrons. The molecule has 0 aromatic rings. The maximum absolute atomic E-state index is 11.2. The van der Waals surface area contributed by atoms with Gasteiger partial charge in [-0.05, 0) is 19.3 Å². The van der Waals surface area contributed by atoms with E-state index >= 15 is 0 Å². The van der Waals surface area contributed by atoms with Crippen LogP contribution in [0.1, 0.15) is 57.8 Å². The van der Waals surface area contributed by atoms with Crippen molar-refractivity contribution in [3.05, 3.63) is 12.7 Å². The molecule has 0 bridgehead atoms. The Morgan fingerprint density at radius 2 is 1.71 bits per heavy atom. The minimum Gasteiger partial charge on any atom is -0.466 e. The average Bonchev–Trinajstić information content (AvgIpc) is 2.33. The Labute approximate surface area is 105 Å². The first-order valence-electron chi connectivity index (χ1n) is 6.68. The van der Waals surface area contributed by atoms with E-state index in [0.717, 1.165) is 19.3 Å². The Hall–Kier alpha value is -0.830. The van der Waals surface area contributed by atoms with E-state index in [9.17, 15) is 4.79 Å². The number of hydrogen-bond acceptors (Lipinski definition) is 3. The van der Waals surface area contributed by atoms with Gasteiger partial charge in [-0.25, -0.2) is 0 Å². The minimum atomic E-state index is -0.134. The summed E-state index contributed by atoms with van der Waals surface area (Å²) in [6.45, 7) is 4.12. The van der Waals surface area contributed by atoms with Crippen molar-refractivity contribution in [2.45, 2.75) is 57.8 Å². The highest BCUT2D eigenvalue weighted by atomic mass is 16.5. The molecule has 0 rings (SSSR count). The third kappa shape index (κ3) is 13.1. The highest BCUT2D eigenvalue weighted by Gasteiger charge is 2.01. The lowest BCUT2D eigenvalue weighted by Crippen LogP contribution is -2.06. The van der Waals surface area contributed by atoms with Crippen molar-refractivity contribution in [2.24, 2.45) is 0 Å². The van der Waals surface area contributed by atoms with Gasteiger partial charge in [0.25, 0.3) is 0 Å². The molecule has 0 radical (unpaired) electrons. The monoisotopic (exact) mass is 242 g/mol. The van der Waals surface area contributed by atoms with Crippen LogP contribution in [0, 0.1) is 0 Å². The van der Waals surface area contributed by atoms with Gasteiger partial charge >= 0.3 is 5.97 Å². The number of aliphatic hydroxyl groups excluding tert-OH is 1. The molecule has 17 heavy (non-hydrogen) atoms. The predicted octanol–water partition coefficient (Wildman–Crippen LogP) is 3.22. The number of allylic oxidation sites excluding steroid dienone is 1. The lowest BCUT2D eigenvalue weighted by Gasteiger charge is -2.03. The molecule has 0 aliphatic heterocycles. The van der Waals surface area contributed by atoms with Crippen LogP contribution in [-0.4, -0.2) is 24.3 Å². The molecule has 0 aliphatic carbocycles. The number of rotatable bonds is 12. The third-order valence-electron chi connectivity index (χ3n) is 2.60. The van der Waals surface area contributed by atoms with Gasteiger partial charge in [0.15, 0.2) is 0 Å². The van der Waals surface area contributed by atoms with Crippen molar-refractivity contribution >= 4 is 5.97 Å². The van der Waals surface area contributed by atoms with Crippen LogP contribution in [0.4, 0.5) is 0 Å². The van der Waals surface area contributed by atoms with Gasteiger partial charge in [0.05, 0.1) is 6.61 Å². The number of unbranched alkanes of at least 4 members (excludes halogenated alkanes) is 6. The summed E-state index contributed by atoms with van der Waals surface area (Å²) in [4.78, 5) is 11.2. The molecule has 0 amide bonds. The molecule has 3 nitrogen and oxygen atoms in total. The first-order chi connectivity index (χ1) is 8.31. The van der Waals surface area contributed by atoms with E-state index in [2.05, 4.69) is 6.58 Å². The highest BCUT2D eigenvalue weighted by molar-refractivity contribution is 5.69. The Bertz CT molecular complexity index is 190. The van der Waals surface area contributed by atoms with Gasteiger partial charge in [-0.3, -0.25) is 4.79 Å². The quantitative estimate of drug-likeness (QED) is 0.325. The molecule has 0 saturated carbocycles. The zero-order valence-electron chi connectivity index (χ0n) is 10.8. The van der Waals surface area contributed by atoms with Gasteiger partial charge in [0, 0.05) is 19.4 Å². The topological polar surface area (TPSA) is 46.5 Å². The molecule has 0 aromatic carbocycles. The fraction of sp³-hybridized carbons (Fsp3) is 0.786. The van der Waals surface area contributed by atoms with Crippen LogP contribution in [0.2, 0.25) is 0 Å². The van der Waals surface area contributed by atoms with Crippen molar-refractivity contribution < 1.29 is 14.6 Å². The molecule has 0 aliphatic rings. The summed E-state index contributed by atoms with van der Waals surface area (Å²) in [5.74, 6) is -0.134. The van der Waals surface area contributed by atoms with Crippen molar-refractivity contribution in [3.63, 3.8) is 0 Å². The van der Waals surface area contributed by atoms with Crippen LogP contribution in [0.5, 0.6) is 0 Å². The predicted molar refractivity (Wildman–Crippen MR) is 69.8 cm³/mol. The van der Waals surface area contributed by atoms with Crippen LogP contribution >= 0.6 is 0 Å². The fourth-order valence-electron chi connectivity index (χ4n) is 1.59.